The number of carbonyl (C=O) groups is 1. The first-order valence-electron chi connectivity index (χ1n) is 5.25. The van der Waals surface area contributed by atoms with Crippen molar-refractivity contribution in [2.75, 3.05) is 0 Å². The van der Waals surface area contributed by atoms with Crippen molar-refractivity contribution >= 4 is 11.9 Å². The molecule has 1 aromatic rings. The third-order valence-electron chi connectivity index (χ3n) is 2.53. The summed E-state index contributed by atoms with van der Waals surface area (Å²) >= 11 is 0. The SMILES string of the molecule is CC(=O)C1OC=C(C#N)C1=Cc1ccccc1. The number of Topliss-reactive ketones (excluding diaryl/α,β-unsaturated/α-hetero) is 1. The van der Waals surface area contributed by atoms with Crippen LogP contribution in [-0.4, -0.2) is 11.9 Å². The van der Waals surface area contributed by atoms with Crippen molar-refractivity contribution in [2.24, 2.45) is 0 Å². The van der Waals surface area contributed by atoms with Gasteiger partial charge in [-0.15, -0.1) is 0 Å². The highest BCUT2D eigenvalue weighted by atomic mass is 16.5. The molecule has 0 aliphatic carbocycles. The predicted molar refractivity (Wildman–Crippen MR) is 63.7 cm³/mol. The average Bonchev–Trinajstić information content (AvgIpc) is 2.73. The topological polar surface area (TPSA) is 50.1 Å². The van der Waals surface area contributed by atoms with Crippen LogP contribution in [0.5, 0.6) is 0 Å². The minimum atomic E-state index is -0.648. The molecule has 1 aliphatic heterocycles. The zero-order valence-electron chi connectivity index (χ0n) is 9.38. The molecule has 0 saturated heterocycles. The molecule has 17 heavy (non-hydrogen) atoms. The van der Waals surface area contributed by atoms with E-state index in [4.69, 9.17) is 10.00 Å². The van der Waals surface area contributed by atoms with E-state index in [1.807, 2.05) is 42.5 Å². The summed E-state index contributed by atoms with van der Waals surface area (Å²) in [7, 11) is 0. The number of ether oxygens (including phenoxy) is 1. The molecule has 1 unspecified atom stereocenters. The van der Waals surface area contributed by atoms with E-state index in [1.165, 1.54) is 13.2 Å². The summed E-state index contributed by atoms with van der Waals surface area (Å²) in [4.78, 5) is 11.4. The number of benzene rings is 1. The van der Waals surface area contributed by atoms with Crippen LogP contribution in [0.15, 0.2) is 47.7 Å². The molecule has 0 saturated carbocycles. The van der Waals surface area contributed by atoms with Gasteiger partial charge in [0.2, 0.25) is 0 Å². The van der Waals surface area contributed by atoms with Gasteiger partial charge in [0.15, 0.2) is 11.9 Å². The first kappa shape index (κ1) is 11.2. The average molecular weight is 225 g/mol. The van der Waals surface area contributed by atoms with Gasteiger partial charge in [0.05, 0.1) is 5.57 Å². The molecule has 3 heteroatoms. The Bertz CT molecular complexity index is 535. The van der Waals surface area contributed by atoms with Crippen LogP contribution in [0.3, 0.4) is 0 Å². The van der Waals surface area contributed by atoms with Gasteiger partial charge in [0.1, 0.15) is 12.3 Å². The van der Waals surface area contributed by atoms with Gasteiger partial charge in [-0.25, -0.2) is 0 Å². The number of nitrogens with zero attached hydrogens (tertiary/aromatic N) is 1. The van der Waals surface area contributed by atoms with Crippen LogP contribution < -0.4 is 0 Å². The predicted octanol–water partition coefficient (Wildman–Crippen LogP) is 2.47. The van der Waals surface area contributed by atoms with Gasteiger partial charge in [0, 0.05) is 5.57 Å². The summed E-state index contributed by atoms with van der Waals surface area (Å²) in [5, 5.41) is 8.96. The largest absolute Gasteiger partial charge is 0.484 e. The fraction of sp³-hybridized carbons (Fsp3) is 0.143. The molecule has 0 fully saturated rings. The van der Waals surface area contributed by atoms with Gasteiger partial charge < -0.3 is 4.74 Å². The molecule has 3 nitrogen and oxygen atoms in total. The number of ketones is 1. The highest BCUT2D eigenvalue weighted by Crippen LogP contribution is 2.27. The highest BCUT2D eigenvalue weighted by molar-refractivity contribution is 5.88. The highest BCUT2D eigenvalue weighted by Gasteiger charge is 2.28. The maximum Gasteiger partial charge on any atom is 0.182 e. The maximum absolute atomic E-state index is 11.4. The summed E-state index contributed by atoms with van der Waals surface area (Å²) in [6.45, 7) is 1.46. The smallest absolute Gasteiger partial charge is 0.182 e. The summed E-state index contributed by atoms with van der Waals surface area (Å²) in [5.74, 6) is -0.103. The third-order valence-corrected chi connectivity index (χ3v) is 2.53. The molecule has 0 amide bonds. The molecule has 84 valence electrons. The molecule has 0 aromatic heterocycles. The summed E-state index contributed by atoms with van der Waals surface area (Å²) < 4.78 is 5.20. The second kappa shape index (κ2) is 4.67. The molecule has 0 spiro atoms. The van der Waals surface area contributed by atoms with Gasteiger partial charge in [-0.1, -0.05) is 30.3 Å². The van der Waals surface area contributed by atoms with Crippen molar-refractivity contribution in [1.29, 1.82) is 5.26 Å². The van der Waals surface area contributed by atoms with E-state index in [9.17, 15) is 4.79 Å². The normalized spacial score (nSPS) is 20.6. The lowest BCUT2D eigenvalue weighted by atomic mass is 9.99. The molecular formula is C14H11NO2. The van der Waals surface area contributed by atoms with Crippen LogP contribution in [0.4, 0.5) is 0 Å². The Morgan fingerprint density at radius 2 is 2.12 bits per heavy atom. The van der Waals surface area contributed by atoms with Gasteiger partial charge >= 0.3 is 0 Å². The zero-order chi connectivity index (χ0) is 12.3. The van der Waals surface area contributed by atoms with Crippen molar-refractivity contribution in [3.8, 4) is 6.07 Å². The lowest BCUT2D eigenvalue weighted by Gasteiger charge is -2.08. The van der Waals surface area contributed by atoms with Crippen molar-refractivity contribution in [3.05, 3.63) is 53.3 Å². The number of carbonyl (C=O) groups excluding carboxylic acids is 1. The van der Waals surface area contributed by atoms with E-state index in [0.29, 0.717) is 11.1 Å². The molecule has 1 aliphatic rings. The number of nitriles is 1. The quantitative estimate of drug-likeness (QED) is 0.776. The molecule has 0 N–H and O–H groups in total. The second-order valence-corrected chi connectivity index (χ2v) is 3.78. The second-order valence-electron chi connectivity index (χ2n) is 3.78. The lowest BCUT2D eigenvalue weighted by molar-refractivity contribution is -0.122. The Morgan fingerprint density at radius 3 is 2.71 bits per heavy atom. The summed E-state index contributed by atoms with van der Waals surface area (Å²) in [6, 6.07) is 11.6. The minimum absolute atomic E-state index is 0.103. The van der Waals surface area contributed by atoms with Gasteiger partial charge in [-0.05, 0) is 18.6 Å². The van der Waals surface area contributed by atoms with E-state index in [0.717, 1.165) is 5.56 Å². The zero-order valence-corrected chi connectivity index (χ0v) is 9.38. The van der Waals surface area contributed by atoms with Gasteiger partial charge in [-0.3, -0.25) is 4.79 Å². The van der Waals surface area contributed by atoms with E-state index in [-0.39, 0.29) is 5.78 Å². The fourth-order valence-electron chi connectivity index (χ4n) is 1.71. The van der Waals surface area contributed by atoms with E-state index >= 15 is 0 Å². The standard InChI is InChI=1S/C14H11NO2/c1-10(16)14-13(12(8-15)9-17-14)7-11-5-3-2-4-6-11/h2-7,9,14H,1H3. The Labute approximate surface area is 99.6 Å². The number of hydrogen-bond acceptors (Lipinski definition) is 3. The van der Waals surface area contributed by atoms with Crippen LogP contribution in [0.1, 0.15) is 12.5 Å². The van der Waals surface area contributed by atoms with Crippen molar-refractivity contribution < 1.29 is 9.53 Å². The van der Waals surface area contributed by atoms with E-state index < -0.39 is 6.10 Å². The van der Waals surface area contributed by atoms with Gasteiger partial charge in [0.25, 0.3) is 0 Å². The van der Waals surface area contributed by atoms with E-state index in [1.54, 1.807) is 0 Å². The Hall–Kier alpha value is -2.34. The van der Waals surface area contributed by atoms with Crippen LogP contribution in [0.25, 0.3) is 6.08 Å². The van der Waals surface area contributed by atoms with Crippen LogP contribution in [0, 0.1) is 11.3 Å². The fourth-order valence-corrected chi connectivity index (χ4v) is 1.71. The van der Waals surface area contributed by atoms with Crippen molar-refractivity contribution in [2.45, 2.75) is 13.0 Å². The maximum atomic E-state index is 11.4. The van der Waals surface area contributed by atoms with Crippen molar-refractivity contribution in [3.63, 3.8) is 0 Å². The lowest BCUT2D eigenvalue weighted by Crippen LogP contribution is -2.18. The summed E-state index contributed by atoms with van der Waals surface area (Å²) in [5.41, 5.74) is 1.99. The first-order chi connectivity index (χ1) is 8.22. The molecular weight excluding hydrogens is 214 g/mol. The molecule has 0 radical (unpaired) electrons. The minimum Gasteiger partial charge on any atom is -0.484 e. The van der Waals surface area contributed by atoms with Gasteiger partial charge in [-0.2, -0.15) is 5.26 Å². The molecule has 2 rings (SSSR count). The molecule has 1 aromatic carbocycles. The van der Waals surface area contributed by atoms with Crippen LogP contribution >= 0.6 is 0 Å². The monoisotopic (exact) mass is 225 g/mol. The number of rotatable bonds is 2. The van der Waals surface area contributed by atoms with Crippen molar-refractivity contribution in [1.82, 2.24) is 0 Å². The molecule has 1 heterocycles. The Morgan fingerprint density at radius 1 is 1.41 bits per heavy atom. The van der Waals surface area contributed by atoms with E-state index in [2.05, 4.69) is 0 Å². The third kappa shape index (κ3) is 2.26. The Kier molecular flexibility index (Phi) is 3.06. The van der Waals surface area contributed by atoms with Crippen LogP contribution in [0.2, 0.25) is 0 Å². The number of hydrogen-bond donors (Lipinski definition) is 0. The Balaban J connectivity index is 2.40. The summed E-state index contributed by atoms with van der Waals surface area (Å²) in [6.07, 6.45) is 2.51. The first-order valence-corrected chi connectivity index (χ1v) is 5.25. The molecule has 0 bridgehead atoms. The van der Waals surface area contributed by atoms with Crippen LogP contribution in [-0.2, 0) is 9.53 Å². The molecule has 1 atom stereocenters.